The van der Waals surface area contributed by atoms with Gasteiger partial charge in [0.05, 0.1) is 5.01 Å². The lowest BCUT2D eigenvalue weighted by Gasteiger charge is -2.21. The van der Waals surface area contributed by atoms with Gasteiger partial charge in [0.1, 0.15) is 5.69 Å². The van der Waals surface area contributed by atoms with Gasteiger partial charge in [-0.1, -0.05) is 36.4 Å². The maximum atomic E-state index is 12.9. The molecule has 0 radical (unpaired) electrons. The third kappa shape index (κ3) is 4.83. The molecule has 0 spiro atoms. The van der Waals surface area contributed by atoms with Crippen LogP contribution in [0.2, 0.25) is 0 Å². The second-order valence-corrected chi connectivity index (χ2v) is 8.77. The van der Waals surface area contributed by atoms with Crippen molar-refractivity contribution in [1.29, 1.82) is 0 Å². The standard InChI is InChI=1S/C21H23N3OS2/c25-21(19-16-27-20(22-19)14-17-6-2-1-3-7-17)24-10-5-9-23(11-12-24)15-18-8-4-13-26-18/h1-4,6-8,13,16H,5,9-12,14-15H2. The lowest BCUT2D eigenvalue weighted by atomic mass is 10.2. The summed E-state index contributed by atoms with van der Waals surface area (Å²) in [5, 5.41) is 5.03. The molecule has 0 atom stereocenters. The minimum absolute atomic E-state index is 0.0727. The molecular weight excluding hydrogens is 374 g/mol. The number of nitrogens with zero attached hydrogens (tertiary/aromatic N) is 3. The van der Waals surface area contributed by atoms with Gasteiger partial charge in [-0.05, 0) is 23.4 Å². The summed E-state index contributed by atoms with van der Waals surface area (Å²) < 4.78 is 0. The molecule has 1 saturated heterocycles. The van der Waals surface area contributed by atoms with Crippen LogP contribution in [0.3, 0.4) is 0 Å². The van der Waals surface area contributed by atoms with Crippen molar-refractivity contribution in [3.8, 4) is 0 Å². The average Bonchev–Trinajstić information content (AvgIpc) is 3.31. The summed E-state index contributed by atoms with van der Waals surface area (Å²) in [6.07, 6.45) is 1.80. The first kappa shape index (κ1) is 18.3. The predicted octanol–water partition coefficient (Wildman–Crippen LogP) is 4.14. The average molecular weight is 398 g/mol. The Morgan fingerprint density at radius 2 is 1.89 bits per heavy atom. The van der Waals surface area contributed by atoms with Crippen molar-refractivity contribution in [2.45, 2.75) is 19.4 Å². The first-order valence-corrected chi connectivity index (χ1v) is 11.1. The van der Waals surface area contributed by atoms with Gasteiger partial charge in [-0.15, -0.1) is 22.7 Å². The number of carbonyl (C=O) groups excluding carboxylic acids is 1. The molecule has 0 N–H and O–H groups in total. The van der Waals surface area contributed by atoms with E-state index in [1.54, 1.807) is 22.7 Å². The molecule has 0 unspecified atom stereocenters. The van der Waals surface area contributed by atoms with E-state index < -0.39 is 0 Å². The quantitative estimate of drug-likeness (QED) is 0.649. The summed E-state index contributed by atoms with van der Waals surface area (Å²) in [5.41, 5.74) is 1.82. The Kier molecular flexibility index (Phi) is 5.97. The first-order chi connectivity index (χ1) is 13.3. The fraction of sp³-hybridized carbons (Fsp3) is 0.333. The largest absolute Gasteiger partial charge is 0.336 e. The SMILES string of the molecule is O=C(c1csc(Cc2ccccc2)n1)N1CCCN(Cc2cccs2)CC1. The summed E-state index contributed by atoms with van der Waals surface area (Å²) in [7, 11) is 0. The Bertz CT molecular complexity index is 861. The number of rotatable bonds is 5. The number of hydrogen-bond acceptors (Lipinski definition) is 5. The monoisotopic (exact) mass is 397 g/mol. The van der Waals surface area contributed by atoms with Gasteiger partial charge in [-0.3, -0.25) is 9.69 Å². The van der Waals surface area contributed by atoms with E-state index in [9.17, 15) is 4.79 Å². The van der Waals surface area contributed by atoms with Crippen LogP contribution in [0.15, 0.2) is 53.2 Å². The van der Waals surface area contributed by atoms with Gasteiger partial charge in [0, 0.05) is 49.4 Å². The van der Waals surface area contributed by atoms with Gasteiger partial charge in [0.25, 0.3) is 5.91 Å². The summed E-state index contributed by atoms with van der Waals surface area (Å²) in [5.74, 6) is 0.0727. The van der Waals surface area contributed by atoms with E-state index in [0.717, 1.165) is 50.6 Å². The molecule has 0 aliphatic carbocycles. The van der Waals surface area contributed by atoms with Crippen LogP contribution < -0.4 is 0 Å². The molecule has 0 saturated carbocycles. The molecule has 1 aromatic carbocycles. The van der Waals surface area contributed by atoms with Gasteiger partial charge >= 0.3 is 0 Å². The van der Waals surface area contributed by atoms with E-state index in [2.05, 4.69) is 39.5 Å². The van der Waals surface area contributed by atoms with Gasteiger partial charge in [0.2, 0.25) is 0 Å². The summed E-state index contributed by atoms with van der Waals surface area (Å²) in [6.45, 7) is 4.53. The Hall–Kier alpha value is -2.02. The molecule has 1 amide bonds. The van der Waals surface area contributed by atoms with Crippen LogP contribution in [0.1, 0.15) is 32.4 Å². The molecule has 0 bridgehead atoms. The van der Waals surface area contributed by atoms with E-state index in [0.29, 0.717) is 5.69 Å². The molecule has 4 nitrogen and oxygen atoms in total. The Morgan fingerprint density at radius 3 is 2.70 bits per heavy atom. The minimum atomic E-state index is 0.0727. The number of benzene rings is 1. The molecule has 1 aliphatic heterocycles. The van der Waals surface area contributed by atoms with E-state index >= 15 is 0 Å². The third-order valence-corrected chi connectivity index (χ3v) is 6.51. The zero-order valence-corrected chi connectivity index (χ0v) is 16.8. The third-order valence-electron chi connectivity index (χ3n) is 4.80. The summed E-state index contributed by atoms with van der Waals surface area (Å²) >= 11 is 3.38. The van der Waals surface area contributed by atoms with Crippen molar-refractivity contribution in [3.63, 3.8) is 0 Å². The van der Waals surface area contributed by atoms with Crippen molar-refractivity contribution >= 4 is 28.6 Å². The molecule has 3 aromatic rings. The Balaban J connectivity index is 1.35. The van der Waals surface area contributed by atoms with E-state index in [1.165, 1.54) is 10.4 Å². The first-order valence-electron chi connectivity index (χ1n) is 9.30. The van der Waals surface area contributed by atoms with E-state index in [1.807, 2.05) is 28.5 Å². The number of aromatic nitrogens is 1. The topological polar surface area (TPSA) is 36.4 Å². The lowest BCUT2D eigenvalue weighted by molar-refractivity contribution is 0.0756. The molecule has 27 heavy (non-hydrogen) atoms. The highest BCUT2D eigenvalue weighted by atomic mass is 32.1. The highest BCUT2D eigenvalue weighted by molar-refractivity contribution is 7.10. The van der Waals surface area contributed by atoms with Crippen LogP contribution in [0.4, 0.5) is 0 Å². The second kappa shape index (κ2) is 8.78. The van der Waals surface area contributed by atoms with Crippen molar-refractivity contribution in [3.05, 3.63) is 74.4 Å². The van der Waals surface area contributed by atoms with Gasteiger partial charge in [-0.25, -0.2) is 4.98 Å². The zero-order chi connectivity index (χ0) is 18.5. The Morgan fingerprint density at radius 1 is 1.00 bits per heavy atom. The molecule has 4 rings (SSSR count). The zero-order valence-electron chi connectivity index (χ0n) is 15.2. The van der Waals surface area contributed by atoms with Crippen molar-refractivity contribution in [2.24, 2.45) is 0 Å². The van der Waals surface area contributed by atoms with Crippen molar-refractivity contribution in [2.75, 3.05) is 26.2 Å². The predicted molar refractivity (Wildman–Crippen MR) is 111 cm³/mol. The number of thiazole rings is 1. The van der Waals surface area contributed by atoms with Crippen LogP contribution in [0, 0.1) is 0 Å². The summed E-state index contributed by atoms with van der Waals surface area (Å²) in [4.78, 5) is 23.3. The van der Waals surface area contributed by atoms with Crippen LogP contribution in [0.5, 0.6) is 0 Å². The molecule has 1 fully saturated rings. The van der Waals surface area contributed by atoms with Crippen molar-refractivity contribution < 1.29 is 4.79 Å². The van der Waals surface area contributed by atoms with E-state index in [-0.39, 0.29) is 5.91 Å². The number of hydrogen-bond donors (Lipinski definition) is 0. The van der Waals surface area contributed by atoms with Crippen LogP contribution >= 0.6 is 22.7 Å². The van der Waals surface area contributed by atoms with Gasteiger partial charge in [-0.2, -0.15) is 0 Å². The van der Waals surface area contributed by atoms with Crippen LogP contribution in [0.25, 0.3) is 0 Å². The molecule has 1 aliphatic rings. The molecule has 2 aromatic heterocycles. The fourth-order valence-electron chi connectivity index (χ4n) is 3.38. The number of carbonyl (C=O) groups is 1. The van der Waals surface area contributed by atoms with Crippen LogP contribution in [-0.2, 0) is 13.0 Å². The lowest BCUT2D eigenvalue weighted by Crippen LogP contribution is -2.35. The highest BCUT2D eigenvalue weighted by Crippen LogP contribution is 2.18. The number of amides is 1. The van der Waals surface area contributed by atoms with Crippen LogP contribution in [-0.4, -0.2) is 46.9 Å². The molecule has 6 heteroatoms. The molecule has 3 heterocycles. The minimum Gasteiger partial charge on any atom is -0.336 e. The molecule has 140 valence electrons. The van der Waals surface area contributed by atoms with Crippen molar-refractivity contribution in [1.82, 2.24) is 14.8 Å². The normalized spacial score (nSPS) is 15.6. The van der Waals surface area contributed by atoms with E-state index in [4.69, 9.17) is 0 Å². The van der Waals surface area contributed by atoms with Gasteiger partial charge in [0.15, 0.2) is 0 Å². The Labute approximate surface area is 168 Å². The summed E-state index contributed by atoms with van der Waals surface area (Å²) in [6, 6.07) is 14.6. The highest BCUT2D eigenvalue weighted by Gasteiger charge is 2.22. The fourth-order valence-corrected chi connectivity index (χ4v) is 4.93. The second-order valence-electron chi connectivity index (χ2n) is 6.79. The maximum Gasteiger partial charge on any atom is 0.273 e. The molecular formula is C21H23N3OS2. The maximum absolute atomic E-state index is 12.9. The van der Waals surface area contributed by atoms with Gasteiger partial charge < -0.3 is 4.90 Å². The number of thiophene rings is 1. The smallest absolute Gasteiger partial charge is 0.273 e.